The number of halogens is 2. The lowest BCUT2D eigenvalue weighted by Gasteiger charge is -2.08. The van der Waals surface area contributed by atoms with Gasteiger partial charge >= 0.3 is 5.97 Å². The monoisotopic (exact) mass is 360 g/mol. The quantitative estimate of drug-likeness (QED) is 0.720. The summed E-state index contributed by atoms with van der Waals surface area (Å²) in [6, 6.07) is 4.58. The van der Waals surface area contributed by atoms with Crippen LogP contribution in [0.2, 0.25) is 0 Å². The van der Waals surface area contributed by atoms with Crippen molar-refractivity contribution in [1.29, 1.82) is 0 Å². The maximum atomic E-state index is 13.2. The number of hydrogen-bond donors (Lipinski definition) is 1. The van der Waals surface area contributed by atoms with Crippen molar-refractivity contribution in [2.75, 3.05) is 7.11 Å². The minimum absolute atomic E-state index is 0.0240. The van der Waals surface area contributed by atoms with Crippen molar-refractivity contribution in [3.63, 3.8) is 0 Å². The molecule has 1 N–H and O–H groups in total. The number of carbonyl (C=O) groups excluding carboxylic acids is 2. The van der Waals surface area contributed by atoms with Crippen molar-refractivity contribution in [3.05, 3.63) is 64.6 Å². The van der Waals surface area contributed by atoms with Crippen LogP contribution >= 0.6 is 0 Å². The van der Waals surface area contributed by atoms with Gasteiger partial charge in [0.25, 0.3) is 5.91 Å². The Bertz CT molecular complexity index is 1020. The molecule has 0 saturated heterocycles. The summed E-state index contributed by atoms with van der Waals surface area (Å²) in [5, 5.41) is 6.59. The predicted molar refractivity (Wildman–Crippen MR) is 86.6 cm³/mol. The van der Waals surface area contributed by atoms with Crippen molar-refractivity contribution in [2.45, 2.75) is 13.5 Å². The lowest BCUT2D eigenvalue weighted by atomic mass is 10.2. The van der Waals surface area contributed by atoms with Crippen LogP contribution in [0.5, 0.6) is 0 Å². The van der Waals surface area contributed by atoms with E-state index in [1.807, 2.05) is 0 Å². The SMILES string of the molecule is COC(=O)c1cc(C(=O)NCc2ccc(F)c(F)c2)nc2c(C)cnn12. The fourth-order valence-electron chi connectivity index (χ4n) is 2.36. The summed E-state index contributed by atoms with van der Waals surface area (Å²) >= 11 is 0. The normalized spacial score (nSPS) is 10.8. The molecule has 134 valence electrons. The van der Waals surface area contributed by atoms with Gasteiger partial charge in [-0.25, -0.2) is 23.1 Å². The Kier molecular flexibility index (Phi) is 4.61. The zero-order valence-electron chi connectivity index (χ0n) is 13.9. The standard InChI is InChI=1S/C17H14F2N4O3/c1-9-7-21-23-14(17(25)26-2)6-13(22-15(9)23)16(24)20-8-10-3-4-11(18)12(19)5-10/h3-7H,8H2,1-2H3,(H,20,24). The number of rotatable bonds is 4. The molecule has 0 bridgehead atoms. The predicted octanol–water partition coefficient (Wildman–Crippen LogP) is 2.03. The number of nitrogens with one attached hydrogen (secondary N) is 1. The molecule has 1 amide bonds. The summed E-state index contributed by atoms with van der Waals surface area (Å²) in [4.78, 5) is 28.5. The number of fused-ring (bicyclic) bond motifs is 1. The third kappa shape index (κ3) is 3.23. The van der Waals surface area contributed by atoms with E-state index in [-0.39, 0.29) is 17.9 Å². The van der Waals surface area contributed by atoms with E-state index in [1.54, 1.807) is 6.92 Å². The summed E-state index contributed by atoms with van der Waals surface area (Å²) in [5.41, 5.74) is 1.41. The van der Waals surface area contributed by atoms with Gasteiger partial charge in [0.05, 0.1) is 13.3 Å². The minimum atomic E-state index is -1.00. The Morgan fingerprint density at radius 1 is 1.23 bits per heavy atom. The van der Waals surface area contributed by atoms with E-state index < -0.39 is 23.5 Å². The first-order valence-corrected chi connectivity index (χ1v) is 7.56. The van der Waals surface area contributed by atoms with Gasteiger partial charge in [-0.1, -0.05) is 6.07 Å². The van der Waals surface area contributed by atoms with Gasteiger partial charge in [0.2, 0.25) is 0 Å². The van der Waals surface area contributed by atoms with E-state index in [9.17, 15) is 18.4 Å². The molecule has 0 spiro atoms. The molecule has 1 aromatic carbocycles. The second kappa shape index (κ2) is 6.87. The van der Waals surface area contributed by atoms with Crippen LogP contribution in [0.3, 0.4) is 0 Å². The molecule has 2 aromatic heterocycles. The molecular weight excluding hydrogens is 346 g/mol. The van der Waals surface area contributed by atoms with E-state index in [1.165, 1.54) is 30.0 Å². The number of nitrogens with zero attached hydrogens (tertiary/aromatic N) is 3. The van der Waals surface area contributed by atoms with Crippen LogP contribution in [-0.2, 0) is 11.3 Å². The van der Waals surface area contributed by atoms with Gasteiger partial charge < -0.3 is 10.1 Å². The van der Waals surface area contributed by atoms with Gasteiger partial charge in [-0.15, -0.1) is 0 Å². The molecule has 3 rings (SSSR count). The number of hydrogen-bond acceptors (Lipinski definition) is 5. The molecule has 2 heterocycles. The number of esters is 1. The van der Waals surface area contributed by atoms with Crippen LogP contribution in [0.1, 0.15) is 32.1 Å². The van der Waals surface area contributed by atoms with Gasteiger partial charge in [0.15, 0.2) is 23.0 Å². The molecule has 0 fully saturated rings. The lowest BCUT2D eigenvalue weighted by molar-refractivity contribution is 0.0590. The molecule has 9 heteroatoms. The second-order valence-corrected chi connectivity index (χ2v) is 5.51. The Balaban J connectivity index is 1.88. The largest absolute Gasteiger partial charge is 0.464 e. The maximum absolute atomic E-state index is 13.2. The van der Waals surface area contributed by atoms with E-state index >= 15 is 0 Å². The smallest absolute Gasteiger partial charge is 0.356 e. The van der Waals surface area contributed by atoms with Crippen molar-refractivity contribution < 1.29 is 23.1 Å². The first-order chi connectivity index (χ1) is 12.4. The number of aromatic nitrogens is 3. The van der Waals surface area contributed by atoms with E-state index in [4.69, 9.17) is 4.74 Å². The third-order valence-electron chi connectivity index (χ3n) is 3.71. The van der Waals surface area contributed by atoms with Gasteiger partial charge in [0.1, 0.15) is 5.69 Å². The Labute approximate surface area is 146 Å². The Morgan fingerprint density at radius 2 is 2.00 bits per heavy atom. The number of ether oxygens (including phenoxy) is 1. The average Bonchev–Trinajstić information content (AvgIpc) is 3.02. The third-order valence-corrected chi connectivity index (χ3v) is 3.71. The highest BCUT2D eigenvalue weighted by Crippen LogP contribution is 2.13. The molecule has 0 aliphatic rings. The molecule has 0 atom stereocenters. The van der Waals surface area contributed by atoms with Crippen molar-refractivity contribution in [1.82, 2.24) is 19.9 Å². The van der Waals surface area contributed by atoms with E-state index in [0.717, 1.165) is 12.1 Å². The molecule has 7 nitrogen and oxygen atoms in total. The molecule has 0 saturated carbocycles. The maximum Gasteiger partial charge on any atom is 0.356 e. The highest BCUT2D eigenvalue weighted by atomic mass is 19.2. The molecule has 0 radical (unpaired) electrons. The van der Waals surface area contributed by atoms with Crippen molar-refractivity contribution in [3.8, 4) is 0 Å². The van der Waals surface area contributed by atoms with Crippen LogP contribution in [0.25, 0.3) is 5.65 Å². The Morgan fingerprint density at radius 3 is 2.69 bits per heavy atom. The number of amides is 1. The van der Waals surface area contributed by atoms with Gasteiger partial charge in [-0.2, -0.15) is 5.10 Å². The lowest BCUT2D eigenvalue weighted by Crippen LogP contribution is -2.25. The van der Waals surface area contributed by atoms with Crippen LogP contribution in [-0.4, -0.2) is 33.6 Å². The van der Waals surface area contributed by atoms with Crippen molar-refractivity contribution in [2.24, 2.45) is 0 Å². The van der Waals surface area contributed by atoms with Crippen LogP contribution < -0.4 is 5.32 Å². The summed E-state index contributed by atoms with van der Waals surface area (Å²) in [5.74, 6) is -3.22. The summed E-state index contributed by atoms with van der Waals surface area (Å²) in [6.45, 7) is 1.70. The van der Waals surface area contributed by atoms with Crippen LogP contribution in [0.15, 0.2) is 30.5 Å². The minimum Gasteiger partial charge on any atom is -0.464 e. The molecular formula is C17H14F2N4O3. The van der Waals surface area contributed by atoms with Crippen molar-refractivity contribution >= 4 is 17.5 Å². The number of carbonyl (C=O) groups is 2. The molecule has 0 aliphatic heterocycles. The first kappa shape index (κ1) is 17.5. The summed E-state index contributed by atoms with van der Waals surface area (Å²) < 4.78 is 32.2. The van der Waals surface area contributed by atoms with Gasteiger partial charge in [-0.3, -0.25) is 4.79 Å². The fourth-order valence-corrected chi connectivity index (χ4v) is 2.36. The van der Waals surface area contributed by atoms with E-state index in [2.05, 4.69) is 15.4 Å². The molecule has 26 heavy (non-hydrogen) atoms. The van der Waals surface area contributed by atoms with Gasteiger partial charge in [0, 0.05) is 18.2 Å². The molecule has 3 aromatic rings. The second-order valence-electron chi connectivity index (χ2n) is 5.51. The summed E-state index contributed by atoms with van der Waals surface area (Å²) in [7, 11) is 1.22. The zero-order chi connectivity index (χ0) is 18.8. The van der Waals surface area contributed by atoms with Crippen LogP contribution in [0, 0.1) is 18.6 Å². The van der Waals surface area contributed by atoms with Gasteiger partial charge in [-0.05, 0) is 24.6 Å². The first-order valence-electron chi connectivity index (χ1n) is 7.56. The fraction of sp³-hybridized carbons (Fsp3) is 0.176. The van der Waals surface area contributed by atoms with E-state index in [0.29, 0.717) is 16.8 Å². The number of benzene rings is 1. The molecule has 0 unspecified atom stereocenters. The highest BCUT2D eigenvalue weighted by Gasteiger charge is 2.19. The molecule has 0 aliphatic carbocycles. The highest BCUT2D eigenvalue weighted by molar-refractivity contribution is 5.96. The number of methoxy groups -OCH3 is 1. The summed E-state index contributed by atoms with van der Waals surface area (Å²) in [6.07, 6.45) is 1.51. The number of aryl methyl sites for hydroxylation is 1. The Hall–Kier alpha value is -3.36. The average molecular weight is 360 g/mol. The van der Waals surface area contributed by atoms with Crippen LogP contribution in [0.4, 0.5) is 8.78 Å². The topological polar surface area (TPSA) is 85.6 Å². The zero-order valence-corrected chi connectivity index (χ0v) is 13.9.